The molecule has 0 saturated heterocycles. The van der Waals surface area contributed by atoms with Gasteiger partial charge in [-0.1, -0.05) is 36.8 Å². The maximum Gasteiger partial charge on any atom is 0.147 e. The Morgan fingerprint density at radius 3 is 2.11 bits per heavy atom. The maximum absolute atomic E-state index is 6.12. The van der Waals surface area contributed by atoms with Crippen LogP contribution < -0.4 is 5.73 Å². The Morgan fingerprint density at radius 1 is 1.06 bits per heavy atom. The Labute approximate surface area is 108 Å². The van der Waals surface area contributed by atoms with E-state index in [9.17, 15) is 0 Å². The Hall–Kier alpha value is -1.74. The molecule has 3 heteroatoms. The van der Waals surface area contributed by atoms with Crippen molar-refractivity contribution in [2.24, 2.45) is 5.73 Å². The molecule has 0 spiro atoms. The number of nitrogens with two attached hydrogens (primary N) is 1. The zero-order valence-electron chi connectivity index (χ0n) is 11.1. The van der Waals surface area contributed by atoms with Gasteiger partial charge in [0.1, 0.15) is 5.82 Å². The minimum absolute atomic E-state index is 0.453. The molecule has 0 saturated carbocycles. The normalized spacial score (nSPS) is 14.2. The van der Waals surface area contributed by atoms with Crippen molar-refractivity contribution in [3.63, 3.8) is 0 Å². The molecule has 1 aromatic heterocycles. The number of aromatic nitrogens is 2. The average molecular weight is 241 g/mol. The lowest BCUT2D eigenvalue weighted by atomic mass is 9.99. The number of rotatable bonds is 3. The maximum atomic E-state index is 6.12. The van der Waals surface area contributed by atoms with Gasteiger partial charge in [-0.15, -0.1) is 0 Å². The van der Waals surface area contributed by atoms with Gasteiger partial charge < -0.3 is 5.73 Å². The first-order chi connectivity index (χ1) is 8.53. The predicted octanol–water partition coefficient (Wildman–Crippen LogP) is 3.04. The number of aryl methyl sites for hydroxylation is 1. The van der Waals surface area contributed by atoms with Gasteiger partial charge in [-0.3, -0.25) is 0 Å². The highest BCUT2D eigenvalue weighted by Crippen LogP contribution is 2.21. The molecule has 0 aliphatic rings. The van der Waals surface area contributed by atoms with Gasteiger partial charge in [0.2, 0.25) is 0 Å². The van der Waals surface area contributed by atoms with Crippen LogP contribution >= 0.6 is 0 Å². The van der Waals surface area contributed by atoms with Crippen LogP contribution in [0.15, 0.2) is 36.7 Å². The van der Waals surface area contributed by atoms with E-state index < -0.39 is 5.54 Å². The molecule has 1 atom stereocenters. The van der Waals surface area contributed by atoms with Crippen molar-refractivity contribution in [1.82, 2.24) is 9.97 Å². The molecule has 2 rings (SSSR count). The molecule has 1 heterocycles. The van der Waals surface area contributed by atoms with Gasteiger partial charge in [0, 0.05) is 18.0 Å². The Bertz CT molecular complexity index is 512. The van der Waals surface area contributed by atoms with E-state index in [1.165, 1.54) is 5.56 Å². The summed E-state index contributed by atoms with van der Waals surface area (Å²) in [6, 6.07) is 8.33. The van der Waals surface area contributed by atoms with Crippen LogP contribution in [0.4, 0.5) is 0 Å². The molecule has 1 aromatic carbocycles. The molecule has 18 heavy (non-hydrogen) atoms. The zero-order chi connectivity index (χ0) is 13.2. The van der Waals surface area contributed by atoms with E-state index >= 15 is 0 Å². The lowest BCUT2D eigenvalue weighted by Crippen LogP contribution is -2.34. The largest absolute Gasteiger partial charge is 0.319 e. The van der Waals surface area contributed by atoms with Crippen LogP contribution in [0.3, 0.4) is 0 Å². The van der Waals surface area contributed by atoms with E-state index in [-0.39, 0.29) is 0 Å². The van der Waals surface area contributed by atoms with Gasteiger partial charge in [-0.2, -0.15) is 0 Å². The van der Waals surface area contributed by atoms with Crippen molar-refractivity contribution < 1.29 is 0 Å². The second kappa shape index (κ2) is 4.86. The predicted molar refractivity (Wildman–Crippen MR) is 74.0 cm³/mol. The molecule has 3 nitrogen and oxygen atoms in total. The number of benzene rings is 1. The summed E-state index contributed by atoms with van der Waals surface area (Å²) in [5.74, 6) is 0.695. The molecule has 0 aliphatic heterocycles. The minimum Gasteiger partial charge on any atom is -0.319 e. The van der Waals surface area contributed by atoms with Crippen LogP contribution in [0.5, 0.6) is 0 Å². The first-order valence-corrected chi connectivity index (χ1v) is 6.21. The third-order valence-corrected chi connectivity index (χ3v) is 3.28. The van der Waals surface area contributed by atoms with Crippen LogP contribution in [-0.2, 0) is 5.54 Å². The highest BCUT2D eigenvalue weighted by Gasteiger charge is 2.21. The van der Waals surface area contributed by atoms with Gasteiger partial charge in [-0.05, 0) is 25.8 Å². The zero-order valence-corrected chi connectivity index (χ0v) is 11.1. The quantitative estimate of drug-likeness (QED) is 0.898. The highest BCUT2D eigenvalue weighted by atomic mass is 14.9. The van der Waals surface area contributed by atoms with Crippen LogP contribution in [-0.4, -0.2) is 9.97 Å². The molecule has 0 fully saturated rings. The van der Waals surface area contributed by atoms with Crippen molar-refractivity contribution in [3.8, 4) is 11.1 Å². The van der Waals surface area contributed by atoms with Gasteiger partial charge in [0.15, 0.2) is 0 Å². The Kier molecular flexibility index (Phi) is 3.43. The monoisotopic (exact) mass is 241 g/mol. The van der Waals surface area contributed by atoms with Gasteiger partial charge in [0.05, 0.1) is 5.54 Å². The van der Waals surface area contributed by atoms with Crippen LogP contribution in [0.2, 0.25) is 0 Å². The van der Waals surface area contributed by atoms with E-state index in [1.807, 2.05) is 26.2 Å². The average Bonchev–Trinajstić information content (AvgIpc) is 2.40. The Balaban J connectivity index is 2.30. The summed E-state index contributed by atoms with van der Waals surface area (Å²) >= 11 is 0. The van der Waals surface area contributed by atoms with Crippen molar-refractivity contribution in [3.05, 3.63) is 48.0 Å². The summed E-state index contributed by atoms with van der Waals surface area (Å²) in [7, 11) is 0. The lowest BCUT2D eigenvalue weighted by molar-refractivity contribution is 0.445. The summed E-state index contributed by atoms with van der Waals surface area (Å²) < 4.78 is 0. The minimum atomic E-state index is -0.453. The number of hydrogen-bond donors (Lipinski definition) is 1. The smallest absolute Gasteiger partial charge is 0.147 e. The lowest BCUT2D eigenvalue weighted by Gasteiger charge is -2.20. The SMILES string of the molecule is CCC(C)(N)c1ncc(-c2ccc(C)cc2)cn1. The summed E-state index contributed by atoms with van der Waals surface area (Å²) in [5, 5.41) is 0. The van der Waals surface area contributed by atoms with Gasteiger partial charge >= 0.3 is 0 Å². The van der Waals surface area contributed by atoms with Crippen molar-refractivity contribution in [1.29, 1.82) is 0 Å². The molecule has 1 unspecified atom stereocenters. The van der Waals surface area contributed by atoms with E-state index in [2.05, 4.69) is 41.2 Å². The summed E-state index contributed by atoms with van der Waals surface area (Å²) in [6.45, 7) is 6.07. The van der Waals surface area contributed by atoms with Crippen LogP contribution in [0.25, 0.3) is 11.1 Å². The molecule has 94 valence electrons. The van der Waals surface area contributed by atoms with E-state index in [0.717, 1.165) is 17.5 Å². The van der Waals surface area contributed by atoms with Gasteiger partial charge in [-0.25, -0.2) is 9.97 Å². The summed E-state index contributed by atoms with van der Waals surface area (Å²) in [5.41, 5.74) is 9.06. The van der Waals surface area contributed by atoms with Crippen LogP contribution in [0, 0.1) is 6.92 Å². The van der Waals surface area contributed by atoms with E-state index in [1.54, 1.807) is 0 Å². The molecular weight excluding hydrogens is 222 g/mol. The van der Waals surface area contributed by atoms with E-state index in [0.29, 0.717) is 5.82 Å². The van der Waals surface area contributed by atoms with Crippen molar-refractivity contribution in [2.75, 3.05) is 0 Å². The second-order valence-electron chi connectivity index (χ2n) is 4.93. The fourth-order valence-corrected chi connectivity index (χ4v) is 1.68. The second-order valence-corrected chi connectivity index (χ2v) is 4.93. The van der Waals surface area contributed by atoms with E-state index in [4.69, 9.17) is 5.73 Å². The number of nitrogens with zero attached hydrogens (tertiary/aromatic N) is 2. The Morgan fingerprint density at radius 2 is 1.61 bits per heavy atom. The fraction of sp³-hybridized carbons (Fsp3) is 0.333. The highest BCUT2D eigenvalue weighted by molar-refractivity contribution is 5.61. The molecular formula is C15H19N3. The first kappa shape index (κ1) is 12.7. The fourth-order valence-electron chi connectivity index (χ4n) is 1.68. The van der Waals surface area contributed by atoms with Crippen molar-refractivity contribution >= 4 is 0 Å². The van der Waals surface area contributed by atoms with Gasteiger partial charge in [0.25, 0.3) is 0 Å². The standard InChI is InChI=1S/C15H19N3/c1-4-15(3,16)14-17-9-13(10-18-14)12-7-5-11(2)6-8-12/h5-10H,4,16H2,1-3H3. The number of hydrogen-bond acceptors (Lipinski definition) is 3. The molecule has 2 aromatic rings. The molecule has 2 N–H and O–H groups in total. The summed E-state index contributed by atoms with van der Waals surface area (Å²) in [6.07, 6.45) is 4.50. The first-order valence-electron chi connectivity index (χ1n) is 6.21. The van der Waals surface area contributed by atoms with Crippen molar-refractivity contribution in [2.45, 2.75) is 32.7 Å². The topological polar surface area (TPSA) is 51.8 Å². The molecule has 0 radical (unpaired) electrons. The third kappa shape index (κ3) is 2.57. The third-order valence-electron chi connectivity index (χ3n) is 3.28. The van der Waals surface area contributed by atoms with Crippen LogP contribution in [0.1, 0.15) is 31.7 Å². The molecule has 0 amide bonds. The molecule has 0 bridgehead atoms. The molecule has 0 aliphatic carbocycles. The summed E-state index contributed by atoms with van der Waals surface area (Å²) in [4.78, 5) is 8.77.